The number of aromatic nitrogens is 3. The van der Waals surface area contributed by atoms with E-state index in [1.807, 2.05) is 47.1 Å². The summed E-state index contributed by atoms with van der Waals surface area (Å²) in [5.41, 5.74) is 4.82. The number of likely N-dealkylation sites (N-methyl/N-ethyl adjacent to an activating group) is 1. The van der Waals surface area contributed by atoms with Gasteiger partial charge < -0.3 is 4.90 Å². The molecule has 0 aliphatic carbocycles. The van der Waals surface area contributed by atoms with Crippen LogP contribution in [0.5, 0.6) is 0 Å². The smallest absolute Gasteiger partial charge is 0.238 e. The molecular formula is C25H26ClN5O2S. The first-order valence-corrected chi connectivity index (χ1v) is 12.7. The maximum absolute atomic E-state index is 11.6. The third-order valence-corrected chi connectivity index (χ3v) is 6.63. The lowest BCUT2D eigenvalue weighted by Gasteiger charge is -2.14. The average Bonchev–Trinajstić information content (AvgIpc) is 3.21. The summed E-state index contributed by atoms with van der Waals surface area (Å²) in [5.74, 6) is 0. The molecule has 176 valence electrons. The molecule has 4 aromatic rings. The van der Waals surface area contributed by atoms with Gasteiger partial charge in [0.15, 0.2) is 0 Å². The summed E-state index contributed by atoms with van der Waals surface area (Å²) in [7, 11) is -1.70. The van der Waals surface area contributed by atoms with Gasteiger partial charge in [0.2, 0.25) is 10.0 Å². The average molecular weight is 496 g/mol. The van der Waals surface area contributed by atoms with E-state index in [1.54, 1.807) is 18.3 Å². The highest BCUT2D eigenvalue weighted by molar-refractivity contribution is 7.89. The first kappa shape index (κ1) is 24.1. The summed E-state index contributed by atoms with van der Waals surface area (Å²) >= 11 is 6.04. The molecule has 0 spiro atoms. The quantitative estimate of drug-likeness (QED) is 0.381. The fraction of sp³-hybridized carbons (Fsp3) is 0.200. The second kappa shape index (κ2) is 10.5. The van der Waals surface area contributed by atoms with Gasteiger partial charge in [-0.25, -0.2) is 18.2 Å². The van der Waals surface area contributed by atoms with Gasteiger partial charge in [0, 0.05) is 48.5 Å². The zero-order valence-electron chi connectivity index (χ0n) is 18.8. The summed E-state index contributed by atoms with van der Waals surface area (Å²) in [6.07, 6.45) is 3.31. The Morgan fingerprint density at radius 2 is 1.74 bits per heavy atom. The van der Waals surface area contributed by atoms with E-state index in [-0.39, 0.29) is 4.90 Å². The topological polar surface area (TPSA) is 94.1 Å². The fourth-order valence-electron chi connectivity index (χ4n) is 3.70. The van der Waals surface area contributed by atoms with Crippen molar-refractivity contribution in [2.75, 3.05) is 13.6 Å². The zero-order valence-corrected chi connectivity index (χ0v) is 20.4. The molecule has 4 rings (SSSR count). The minimum atomic E-state index is -3.76. The maximum atomic E-state index is 11.6. The van der Waals surface area contributed by atoms with Crippen LogP contribution in [-0.2, 0) is 29.4 Å². The van der Waals surface area contributed by atoms with Crippen molar-refractivity contribution in [3.05, 3.63) is 107 Å². The molecular weight excluding hydrogens is 470 g/mol. The van der Waals surface area contributed by atoms with Crippen LogP contribution in [0.2, 0.25) is 5.02 Å². The van der Waals surface area contributed by atoms with Crippen LogP contribution < -0.4 is 5.14 Å². The lowest BCUT2D eigenvalue weighted by atomic mass is 10.1. The van der Waals surface area contributed by atoms with Gasteiger partial charge in [-0.05, 0) is 67.2 Å². The second-order valence-electron chi connectivity index (χ2n) is 8.19. The molecule has 0 saturated heterocycles. The highest BCUT2D eigenvalue weighted by atomic mass is 35.5. The first-order chi connectivity index (χ1) is 16.3. The van der Waals surface area contributed by atoms with Gasteiger partial charge in [0.05, 0.1) is 16.3 Å². The molecule has 0 amide bonds. The molecule has 7 nitrogen and oxygen atoms in total. The van der Waals surface area contributed by atoms with Crippen LogP contribution in [0.25, 0.3) is 5.69 Å². The van der Waals surface area contributed by atoms with Gasteiger partial charge in [-0.15, -0.1) is 0 Å². The third-order valence-electron chi connectivity index (χ3n) is 5.45. The standard InChI is InChI=1S/C25H26ClN5O2S/c1-30(15-13-21-4-2-3-14-28-21)18-22-17-24(16-19-5-7-20(26)8-6-19)31(29-22)23-9-11-25(12-10-23)34(27,32)33/h2-12,14,17H,13,15-16,18H2,1H3,(H2,27,32,33). The van der Waals surface area contributed by atoms with Gasteiger partial charge in [-0.3, -0.25) is 4.98 Å². The van der Waals surface area contributed by atoms with Gasteiger partial charge in [-0.1, -0.05) is 29.8 Å². The SMILES string of the molecule is CN(CCc1ccccn1)Cc1cc(Cc2ccc(Cl)cc2)n(-c2ccc(S(N)(=O)=O)cc2)n1. The summed E-state index contributed by atoms with van der Waals surface area (Å²) in [6, 6.07) is 22.1. The molecule has 2 aromatic heterocycles. The predicted molar refractivity (Wildman–Crippen MR) is 133 cm³/mol. The molecule has 0 aliphatic heterocycles. The van der Waals surface area contributed by atoms with E-state index < -0.39 is 10.0 Å². The van der Waals surface area contributed by atoms with Crippen LogP contribution in [0, 0.1) is 0 Å². The number of halogens is 1. The van der Waals surface area contributed by atoms with E-state index in [0.29, 0.717) is 18.0 Å². The van der Waals surface area contributed by atoms with Crippen molar-refractivity contribution < 1.29 is 8.42 Å². The number of sulfonamides is 1. The third kappa shape index (κ3) is 6.30. The zero-order chi connectivity index (χ0) is 24.1. The largest absolute Gasteiger partial charge is 0.300 e. The summed E-state index contributed by atoms with van der Waals surface area (Å²) < 4.78 is 25.1. The minimum absolute atomic E-state index is 0.0668. The number of nitrogens with two attached hydrogens (primary N) is 1. The normalized spacial score (nSPS) is 11.8. The van der Waals surface area contributed by atoms with Crippen molar-refractivity contribution >= 4 is 21.6 Å². The lowest BCUT2D eigenvalue weighted by molar-refractivity contribution is 0.325. The lowest BCUT2D eigenvalue weighted by Crippen LogP contribution is -2.21. The van der Waals surface area contributed by atoms with E-state index in [9.17, 15) is 8.42 Å². The number of pyridine rings is 1. The van der Waals surface area contributed by atoms with E-state index >= 15 is 0 Å². The Kier molecular flexibility index (Phi) is 7.43. The van der Waals surface area contributed by atoms with Gasteiger partial charge in [0.1, 0.15) is 0 Å². The molecule has 0 atom stereocenters. The van der Waals surface area contributed by atoms with Crippen LogP contribution in [0.4, 0.5) is 0 Å². The minimum Gasteiger partial charge on any atom is -0.300 e. The molecule has 0 radical (unpaired) electrons. The Morgan fingerprint density at radius 1 is 1.00 bits per heavy atom. The molecule has 2 heterocycles. The Hall–Kier alpha value is -3.04. The Labute approximate surface area is 204 Å². The Morgan fingerprint density at radius 3 is 2.38 bits per heavy atom. The van der Waals surface area contributed by atoms with Gasteiger partial charge in [0.25, 0.3) is 0 Å². The van der Waals surface area contributed by atoms with Crippen LogP contribution in [0.15, 0.2) is 83.9 Å². The highest BCUT2D eigenvalue weighted by Gasteiger charge is 2.14. The monoisotopic (exact) mass is 495 g/mol. The molecule has 0 fully saturated rings. The number of benzene rings is 2. The van der Waals surface area contributed by atoms with Crippen molar-refractivity contribution in [3.63, 3.8) is 0 Å². The van der Waals surface area contributed by atoms with Crippen molar-refractivity contribution in [3.8, 4) is 5.69 Å². The van der Waals surface area contributed by atoms with Crippen molar-refractivity contribution in [1.82, 2.24) is 19.7 Å². The summed E-state index contributed by atoms with van der Waals surface area (Å²) in [6.45, 7) is 1.52. The number of hydrogen-bond donors (Lipinski definition) is 1. The van der Waals surface area contributed by atoms with Crippen LogP contribution >= 0.6 is 11.6 Å². The predicted octanol–water partition coefficient (Wildman–Crippen LogP) is 3.83. The molecule has 2 aromatic carbocycles. The summed E-state index contributed by atoms with van der Waals surface area (Å²) in [4.78, 5) is 6.66. The summed E-state index contributed by atoms with van der Waals surface area (Å²) in [5, 5.41) is 10.8. The molecule has 0 aliphatic rings. The molecule has 34 heavy (non-hydrogen) atoms. The molecule has 2 N–H and O–H groups in total. The van der Waals surface area contributed by atoms with E-state index in [0.717, 1.165) is 41.3 Å². The van der Waals surface area contributed by atoms with Crippen LogP contribution in [-0.4, -0.2) is 41.7 Å². The molecule has 0 unspecified atom stereocenters. The maximum Gasteiger partial charge on any atom is 0.238 e. The number of nitrogens with zero attached hydrogens (tertiary/aromatic N) is 4. The highest BCUT2D eigenvalue weighted by Crippen LogP contribution is 2.20. The van der Waals surface area contributed by atoms with Gasteiger partial charge in [-0.2, -0.15) is 5.10 Å². The number of rotatable bonds is 9. The first-order valence-electron chi connectivity index (χ1n) is 10.8. The Bertz CT molecular complexity index is 1340. The van der Waals surface area contributed by atoms with Crippen LogP contribution in [0.1, 0.15) is 22.6 Å². The van der Waals surface area contributed by atoms with Crippen LogP contribution in [0.3, 0.4) is 0 Å². The number of hydrogen-bond acceptors (Lipinski definition) is 5. The van der Waals surface area contributed by atoms with E-state index in [4.69, 9.17) is 21.8 Å². The van der Waals surface area contributed by atoms with E-state index in [1.165, 1.54) is 12.1 Å². The molecule has 0 saturated carbocycles. The fourth-order valence-corrected chi connectivity index (χ4v) is 4.34. The Balaban J connectivity index is 1.57. The number of primary sulfonamides is 1. The van der Waals surface area contributed by atoms with E-state index in [2.05, 4.69) is 23.0 Å². The molecule has 9 heteroatoms. The van der Waals surface area contributed by atoms with Crippen molar-refractivity contribution in [2.45, 2.75) is 24.3 Å². The van der Waals surface area contributed by atoms with Crippen molar-refractivity contribution in [2.24, 2.45) is 5.14 Å². The van der Waals surface area contributed by atoms with Gasteiger partial charge >= 0.3 is 0 Å². The second-order valence-corrected chi connectivity index (χ2v) is 10.2. The van der Waals surface area contributed by atoms with Crippen molar-refractivity contribution in [1.29, 1.82) is 0 Å². The molecule has 0 bridgehead atoms.